The Morgan fingerprint density at radius 3 is 2.62 bits per heavy atom. The molecule has 0 spiro atoms. The summed E-state index contributed by atoms with van der Waals surface area (Å²) in [5.74, 6) is 0.0311. The summed E-state index contributed by atoms with van der Waals surface area (Å²) in [7, 11) is 0. The zero-order valence-electron chi connectivity index (χ0n) is 15.7. The first-order valence-corrected chi connectivity index (χ1v) is 9.66. The quantitative estimate of drug-likeness (QED) is 0.848. The zero-order valence-corrected chi connectivity index (χ0v) is 16.5. The highest BCUT2D eigenvalue weighted by atomic mass is 32.1. The maximum absolute atomic E-state index is 12.4. The van der Waals surface area contributed by atoms with Gasteiger partial charge in [-0.1, -0.05) is 17.7 Å². The molecule has 1 aromatic heterocycles. The van der Waals surface area contributed by atoms with E-state index in [4.69, 9.17) is 4.98 Å². The molecule has 3 rings (SSSR count). The average Bonchev–Trinajstić information content (AvgIpc) is 2.98. The molecule has 2 N–H and O–H groups in total. The molecule has 1 aliphatic heterocycles. The van der Waals surface area contributed by atoms with Crippen molar-refractivity contribution >= 4 is 34.0 Å². The van der Waals surface area contributed by atoms with Gasteiger partial charge in [0.25, 0.3) is 5.91 Å². The molecule has 7 heteroatoms. The van der Waals surface area contributed by atoms with E-state index in [1.165, 1.54) is 21.8 Å². The third-order valence-corrected chi connectivity index (χ3v) is 5.42. The number of nitrogens with zero attached hydrogens (tertiary/aromatic N) is 2. The van der Waals surface area contributed by atoms with Crippen molar-refractivity contribution in [2.45, 2.75) is 34.2 Å². The first kappa shape index (κ1) is 18.5. The number of nitrogens with one attached hydrogen (secondary N) is 2. The van der Waals surface area contributed by atoms with Gasteiger partial charge < -0.3 is 10.2 Å². The van der Waals surface area contributed by atoms with Crippen molar-refractivity contribution in [1.29, 1.82) is 0 Å². The smallest absolute Gasteiger partial charge is 0.275 e. The van der Waals surface area contributed by atoms with E-state index in [-0.39, 0.29) is 11.8 Å². The maximum atomic E-state index is 12.4. The first-order valence-electron chi connectivity index (χ1n) is 8.78. The van der Waals surface area contributed by atoms with Crippen molar-refractivity contribution < 1.29 is 14.5 Å². The third-order valence-electron chi connectivity index (χ3n) is 4.55. The van der Waals surface area contributed by atoms with E-state index in [1.807, 2.05) is 19.2 Å². The van der Waals surface area contributed by atoms with Crippen molar-refractivity contribution in [3.63, 3.8) is 0 Å². The number of rotatable bonds is 4. The lowest BCUT2D eigenvalue weighted by Gasteiger charge is -2.24. The van der Waals surface area contributed by atoms with Crippen LogP contribution in [0.25, 0.3) is 0 Å². The minimum Gasteiger partial charge on any atom is -0.346 e. The van der Waals surface area contributed by atoms with E-state index in [9.17, 15) is 9.59 Å². The van der Waals surface area contributed by atoms with Gasteiger partial charge >= 0.3 is 0 Å². The SMILES string of the molecule is CC(=O)N(c1nc(C[NH+]2CCNC(=O)C2)cs1)c1c(C)cc(C)cc1C. The molecule has 2 amide bonds. The normalized spacial score (nSPS) is 17.1. The number of thiazole rings is 1. The summed E-state index contributed by atoms with van der Waals surface area (Å²) >= 11 is 1.47. The molecule has 1 saturated heterocycles. The number of aromatic nitrogens is 1. The molecule has 0 bridgehead atoms. The number of aryl methyl sites for hydroxylation is 3. The molecule has 138 valence electrons. The van der Waals surface area contributed by atoms with E-state index >= 15 is 0 Å². The third kappa shape index (κ3) is 3.94. The fraction of sp³-hybridized carbons (Fsp3) is 0.421. The topological polar surface area (TPSA) is 66.7 Å². The van der Waals surface area contributed by atoms with Crippen LogP contribution in [0.1, 0.15) is 29.3 Å². The van der Waals surface area contributed by atoms with Gasteiger partial charge in [-0.3, -0.25) is 14.5 Å². The molecule has 1 aliphatic rings. The summed E-state index contributed by atoms with van der Waals surface area (Å²) in [6, 6.07) is 4.17. The van der Waals surface area contributed by atoms with Gasteiger partial charge in [0.15, 0.2) is 11.7 Å². The molecule has 1 unspecified atom stereocenters. The Balaban J connectivity index is 1.87. The number of hydrogen-bond acceptors (Lipinski definition) is 4. The summed E-state index contributed by atoms with van der Waals surface area (Å²) in [6.07, 6.45) is 0. The van der Waals surface area contributed by atoms with Crippen LogP contribution in [0.3, 0.4) is 0 Å². The highest BCUT2D eigenvalue weighted by Crippen LogP contribution is 2.34. The van der Waals surface area contributed by atoms with Gasteiger partial charge in [0.1, 0.15) is 12.2 Å². The van der Waals surface area contributed by atoms with Crippen LogP contribution in [0.2, 0.25) is 0 Å². The molecule has 6 nitrogen and oxygen atoms in total. The van der Waals surface area contributed by atoms with Gasteiger partial charge in [0, 0.05) is 12.3 Å². The van der Waals surface area contributed by atoms with Crippen LogP contribution in [0, 0.1) is 20.8 Å². The summed E-state index contributed by atoms with van der Waals surface area (Å²) in [5, 5.41) is 5.52. The monoisotopic (exact) mass is 373 g/mol. The molecular weight excluding hydrogens is 348 g/mol. The van der Waals surface area contributed by atoms with Crippen molar-refractivity contribution in [3.8, 4) is 0 Å². The number of quaternary nitrogens is 1. The molecule has 2 heterocycles. The average molecular weight is 374 g/mol. The molecule has 0 radical (unpaired) electrons. The lowest BCUT2D eigenvalue weighted by atomic mass is 10.0. The Morgan fingerprint density at radius 1 is 1.31 bits per heavy atom. The molecule has 26 heavy (non-hydrogen) atoms. The lowest BCUT2D eigenvalue weighted by molar-refractivity contribution is -0.907. The van der Waals surface area contributed by atoms with Crippen LogP contribution in [0.4, 0.5) is 10.8 Å². The second kappa shape index (κ2) is 7.55. The number of carbonyl (C=O) groups is 2. The van der Waals surface area contributed by atoms with Crippen molar-refractivity contribution in [2.24, 2.45) is 0 Å². The lowest BCUT2D eigenvalue weighted by Crippen LogP contribution is -3.14. The molecule has 0 saturated carbocycles. The minimum absolute atomic E-state index is 0.0503. The molecule has 2 aromatic rings. The van der Waals surface area contributed by atoms with Gasteiger partial charge in [-0.05, 0) is 31.9 Å². The molecule has 0 aliphatic carbocycles. The predicted molar refractivity (Wildman–Crippen MR) is 103 cm³/mol. The molecule has 1 fully saturated rings. The van der Waals surface area contributed by atoms with Gasteiger partial charge in [-0.15, -0.1) is 11.3 Å². The Kier molecular flexibility index (Phi) is 5.38. The minimum atomic E-state index is -0.0503. The number of benzene rings is 1. The zero-order chi connectivity index (χ0) is 18.8. The van der Waals surface area contributed by atoms with Crippen LogP contribution in [-0.4, -0.2) is 36.4 Å². The van der Waals surface area contributed by atoms with E-state index in [0.717, 1.165) is 29.1 Å². The van der Waals surface area contributed by atoms with E-state index in [1.54, 1.807) is 11.8 Å². The number of hydrogen-bond donors (Lipinski definition) is 2. The Hall–Kier alpha value is -2.25. The summed E-state index contributed by atoms with van der Waals surface area (Å²) < 4.78 is 0. The largest absolute Gasteiger partial charge is 0.346 e. The number of amides is 2. The van der Waals surface area contributed by atoms with Gasteiger partial charge in [-0.2, -0.15) is 0 Å². The highest BCUT2D eigenvalue weighted by Gasteiger charge is 2.24. The predicted octanol–water partition coefficient (Wildman–Crippen LogP) is 1.27. The fourth-order valence-corrected chi connectivity index (χ4v) is 4.43. The van der Waals surface area contributed by atoms with Crippen LogP contribution in [-0.2, 0) is 16.1 Å². The van der Waals surface area contributed by atoms with E-state index in [0.29, 0.717) is 24.8 Å². The summed E-state index contributed by atoms with van der Waals surface area (Å²) in [6.45, 7) is 10.4. The Labute approximate surface area is 157 Å². The van der Waals surface area contributed by atoms with Gasteiger partial charge in [0.2, 0.25) is 5.91 Å². The van der Waals surface area contributed by atoms with E-state index in [2.05, 4.69) is 24.4 Å². The summed E-state index contributed by atoms with van der Waals surface area (Å²) in [4.78, 5) is 31.6. The van der Waals surface area contributed by atoms with Crippen molar-refractivity contribution in [2.75, 3.05) is 24.5 Å². The molecule has 1 aromatic carbocycles. The Bertz CT molecular complexity index is 823. The van der Waals surface area contributed by atoms with Crippen molar-refractivity contribution in [1.82, 2.24) is 10.3 Å². The second-order valence-corrected chi connectivity index (χ2v) is 7.76. The van der Waals surface area contributed by atoms with Crippen LogP contribution in [0.15, 0.2) is 17.5 Å². The maximum Gasteiger partial charge on any atom is 0.275 e. The first-order chi connectivity index (χ1) is 12.3. The van der Waals surface area contributed by atoms with E-state index < -0.39 is 0 Å². The number of piperazine rings is 1. The number of carbonyl (C=O) groups excluding carboxylic acids is 2. The van der Waals surface area contributed by atoms with Crippen molar-refractivity contribution in [3.05, 3.63) is 39.9 Å². The highest BCUT2D eigenvalue weighted by molar-refractivity contribution is 7.14. The Morgan fingerprint density at radius 2 is 2.00 bits per heavy atom. The van der Waals surface area contributed by atoms with Crippen LogP contribution in [0.5, 0.6) is 0 Å². The van der Waals surface area contributed by atoms with Crippen LogP contribution < -0.4 is 15.1 Å². The summed E-state index contributed by atoms with van der Waals surface area (Å²) in [5.41, 5.74) is 5.14. The van der Waals surface area contributed by atoms with Crippen LogP contribution >= 0.6 is 11.3 Å². The fourth-order valence-electron chi connectivity index (χ4n) is 3.56. The van der Waals surface area contributed by atoms with Gasteiger partial charge in [0.05, 0.1) is 18.8 Å². The number of anilines is 2. The molecule has 1 atom stereocenters. The second-order valence-electron chi connectivity index (χ2n) is 6.93. The van der Waals surface area contributed by atoms with Gasteiger partial charge in [-0.25, -0.2) is 4.98 Å². The standard InChI is InChI=1S/C19H24N4O2S/c1-12-7-13(2)18(14(3)8-12)23(15(4)24)19-21-16(11-26-19)9-22-6-5-20-17(25)10-22/h7-8,11H,5-6,9-10H2,1-4H3,(H,20,25)/p+1. The molecular formula is C19H25N4O2S+.